The zero-order valence-corrected chi connectivity index (χ0v) is 17.4. The summed E-state index contributed by atoms with van der Waals surface area (Å²) in [7, 11) is 0. The van der Waals surface area contributed by atoms with Crippen LogP contribution in [0.4, 0.5) is 13.2 Å². The molecule has 1 fully saturated rings. The molecular weight excluding hydrogens is 425 g/mol. The van der Waals surface area contributed by atoms with E-state index in [4.69, 9.17) is 5.11 Å². The van der Waals surface area contributed by atoms with E-state index in [9.17, 15) is 33.3 Å². The lowest BCUT2D eigenvalue weighted by Crippen LogP contribution is -2.20. The Kier molecular flexibility index (Phi) is 9.51. The van der Waals surface area contributed by atoms with Crippen LogP contribution in [0.5, 0.6) is 0 Å². The molecule has 0 heterocycles. The van der Waals surface area contributed by atoms with E-state index in [0.29, 0.717) is 19.3 Å². The number of unbranched alkanes of at least 4 members (excludes halogenated alkanes) is 1. The molecule has 0 spiro atoms. The summed E-state index contributed by atoms with van der Waals surface area (Å²) < 4.78 is 38.3. The highest BCUT2D eigenvalue weighted by molar-refractivity contribution is 5.66. The number of aliphatic hydroxyl groups is 3. The van der Waals surface area contributed by atoms with Gasteiger partial charge in [-0.2, -0.15) is 13.2 Å². The molecule has 32 heavy (non-hydrogen) atoms. The Balaban J connectivity index is 1.97. The zero-order valence-electron chi connectivity index (χ0n) is 17.4. The average Bonchev–Trinajstić information content (AvgIpc) is 2.99. The van der Waals surface area contributed by atoms with Gasteiger partial charge in [-0.15, -0.1) is 0 Å². The summed E-state index contributed by atoms with van der Waals surface area (Å²) in [5.41, 5.74) is -0.703. The van der Waals surface area contributed by atoms with Crippen LogP contribution in [-0.4, -0.2) is 44.7 Å². The largest absolute Gasteiger partial charge is 0.481 e. The van der Waals surface area contributed by atoms with Crippen LogP contribution >= 0.6 is 0 Å². The van der Waals surface area contributed by atoms with Gasteiger partial charge in [-0.3, -0.25) is 4.79 Å². The highest BCUT2D eigenvalue weighted by Crippen LogP contribution is 2.36. The number of carboxylic acid groups (broad SMARTS) is 1. The number of benzene rings is 1. The first kappa shape index (κ1) is 25.7. The molecule has 1 aromatic carbocycles. The molecule has 0 aliphatic heterocycles. The molecule has 0 amide bonds. The van der Waals surface area contributed by atoms with Crippen LogP contribution in [0.3, 0.4) is 0 Å². The van der Waals surface area contributed by atoms with Crippen molar-refractivity contribution in [2.24, 2.45) is 11.8 Å². The molecule has 4 N–H and O–H groups in total. The van der Waals surface area contributed by atoms with Gasteiger partial charge in [0.2, 0.25) is 0 Å². The number of aliphatic carboxylic acids is 1. The van der Waals surface area contributed by atoms with Crippen LogP contribution in [0.1, 0.15) is 43.2 Å². The van der Waals surface area contributed by atoms with Crippen LogP contribution in [0.15, 0.2) is 48.6 Å². The van der Waals surface area contributed by atoms with Gasteiger partial charge in [0.25, 0.3) is 0 Å². The predicted octanol–water partition coefficient (Wildman–Crippen LogP) is 3.53. The van der Waals surface area contributed by atoms with Crippen molar-refractivity contribution in [1.29, 1.82) is 0 Å². The van der Waals surface area contributed by atoms with Gasteiger partial charge in [-0.05, 0) is 49.5 Å². The first-order valence-electron chi connectivity index (χ1n) is 10.4. The standard InChI is InChI=1S/C24H27F3O5/c25-24(26,27)17-7-5-6-16(14-17)10-11-18(28)12-13-20-19(21(29)15-22(20)30)8-3-1-2-4-9-23(31)32/h1,3,5-7,12-14,18-22,28-30H,2,4,8-9,15H2,(H,31,32)/b3-1-,13-12+/t18?,19-,20-,21+,22-/m1/s1. The van der Waals surface area contributed by atoms with Crippen LogP contribution in [0.25, 0.3) is 0 Å². The van der Waals surface area contributed by atoms with Crippen LogP contribution < -0.4 is 0 Å². The lowest BCUT2D eigenvalue weighted by Gasteiger charge is -2.19. The minimum absolute atomic E-state index is 0.0832. The normalized spacial score (nSPS) is 24.6. The Morgan fingerprint density at radius 1 is 1.22 bits per heavy atom. The summed E-state index contributed by atoms with van der Waals surface area (Å²) in [5.74, 6) is 3.42. The Hall–Kier alpha value is -2.60. The Labute approximate surface area is 184 Å². The number of hydrogen-bond donors (Lipinski definition) is 4. The Morgan fingerprint density at radius 2 is 1.97 bits per heavy atom. The number of allylic oxidation sites excluding steroid dienone is 2. The van der Waals surface area contributed by atoms with Crippen molar-refractivity contribution in [1.82, 2.24) is 0 Å². The van der Waals surface area contributed by atoms with Gasteiger partial charge in [0, 0.05) is 24.3 Å². The van der Waals surface area contributed by atoms with Crippen LogP contribution in [0, 0.1) is 23.7 Å². The maximum Gasteiger partial charge on any atom is 0.416 e. The van der Waals surface area contributed by atoms with Crippen LogP contribution in [0.2, 0.25) is 0 Å². The molecule has 174 valence electrons. The molecule has 1 aliphatic carbocycles. The van der Waals surface area contributed by atoms with Crippen molar-refractivity contribution in [2.75, 3.05) is 0 Å². The van der Waals surface area contributed by atoms with Crippen molar-refractivity contribution >= 4 is 5.97 Å². The molecule has 1 saturated carbocycles. The maximum absolute atomic E-state index is 12.8. The van der Waals surface area contributed by atoms with E-state index in [2.05, 4.69) is 11.8 Å². The van der Waals surface area contributed by atoms with E-state index in [0.717, 1.165) is 12.1 Å². The minimum Gasteiger partial charge on any atom is -0.481 e. The molecule has 0 aromatic heterocycles. The van der Waals surface area contributed by atoms with Gasteiger partial charge in [0.05, 0.1) is 17.8 Å². The molecule has 8 heteroatoms. The summed E-state index contributed by atoms with van der Waals surface area (Å²) in [6.07, 6.45) is 1.25. The molecule has 0 saturated heterocycles. The average molecular weight is 452 g/mol. The van der Waals surface area contributed by atoms with Gasteiger partial charge in [-0.25, -0.2) is 0 Å². The third-order valence-electron chi connectivity index (χ3n) is 5.32. The number of halogens is 3. The quantitative estimate of drug-likeness (QED) is 0.275. The SMILES string of the molecule is O=C(O)CCC/C=C\C[C@@H]1[C@@H](/C=C/C(O)C#Cc2cccc(C(F)(F)F)c2)[C@H](O)C[C@@H]1O. The minimum atomic E-state index is -4.48. The number of carboxylic acids is 1. The van der Waals surface area contributed by atoms with Crippen molar-refractivity contribution < 1.29 is 38.4 Å². The maximum atomic E-state index is 12.8. The van der Waals surface area contributed by atoms with E-state index in [1.807, 2.05) is 12.2 Å². The Bertz CT molecular complexity index is 882. The summed E-state index contributed by atoms with van der Waals surface area (Å²) in [4.78, 5) is 10.5. The number of rotatable bonds is 8. The number of hydrogen-bond acceptors (Lipinski definition) is 4. The molecule has 5 atom stereocenters. The topological polar surface area (TPSA) is 98.0 Å². The van der Waals surface area contributed by atoms with E-state index in [1.54, 1.807) is 6.08 Å². The summed E-state index contributed by atoms with van der Waals surface area (Å²) in [6.45, 7) is 0. The second-order valence-electron chi connectivity index (χ2n) is 7.78. The van der Waals surface area contributed by atoms with E-state index in [1.165, 1.54) is 18.2 Å². The van der Waals surface area contributed by atoms with Crippen molar-refractivity contribution in [3.8, 4) is 11.8 Å². The Morgan fingerprint density at radius 3 is 2.66 bits per heavy atom. The molecule has 2 rings (SSSR count). The van der Waals surface area contributed by atoms with Gasteiger partial charge in [-0.1, -0.05) is 36.1 Å². The predicted molar refractivity (Wildman–Crippen MR) is 112 cm³/mol. The monoisotopic (exact) mass is 452 g/mol. The third-order valence-corrected chi connectivity index (χ3v) is 5.32. The molecule has 5 nitrogen and oxygen atoms in total. The molecule has 0 bridgehead atoms. The molecular formula is C24H27F3O5. The fourth-order valence-electron chi connectivity index (χ4n) is 3.66. The van der Waals surface area contributed by atoms with Crippen molar-refractivity contribution in [3.63, 3.8) is 0 Å². The van der Waals surface area contributed by atoms with Gasteiger partial charge >= 0.3 is 12.1 Å². The fourth-order valence-corrected chi connectivity index (χ4v) is 3.66. The summed E-state index contributed by atoms with van der Waals surface area (Å²) in [6, 6.07) is 4.49. The number of carbonyl (C=O) groups is 1. The first-order valence-corrected chi connectivity index (χ1v) is 10.4. The molecule has 1 aliphatic rings. The van der Waals surface area contributed by atoms with Gasteiger partial charge < -0.3 is 20.4 Å². The van der Waals surface area contributed by atoms with E-state index >= 15 is 0 Å². The second-order valence-corrected chi connectivity index (χ2v) is 7.78. The lowest BCUT2D eigenvalue weighted by molar-refractivity contribution is -0.138. The van der Waals surface area contributed by atoms with Crippen molar-refractivity contribution in [2.45, 2.75) is 56.6 Å². The van der Waals surface area contributed by atoms with Crippen molar-refractivity contribution in [3.05, 3.63) is 59.7 Å². The summed E-state index contributed by atoms with van der Waals surface area (Å²) in [5, 5.41) is 39.2. The number of alkyl halides is 3. The van der Waals surface area contributed by atoms with E-state index in [-0.39, 0.29) is 24.3 Å². The lowest BCUT2D eigenvalue weighted by atomic mass is 9.89. The number of aliphatic hydroxyl groups excluding tert-OH is 3. The van der Waals surface area contributed by atoms with Gasteiger partial charge in [0.1, 0.15) is 6.10 Å². The van der Waals surface area contributed by atoms with Gasteiger partial charge in [0.15, 0.2) is 0 Å². The smallest absolute Gasteiger partial charge is 0.416 e. The van der Waals surface area contributed by atoms with E-state index < -0.39 is 41.9 Å². The summed E-state index contributed by atoms with van der Waals surface area (Å²) >= 11 is 0. The van der Waals surface area contributed by atoms with Crippen LogP contribution in [-0.2, 0) is 11.0 Å². The molecule has 1 aromatic rings. The molecule has 0 radical (unpaired) electrons. The zero-order chi connectivity index (χ0) is 23.7. The second kappa shape index (κ2) is 11.9. The highest BCUT2D eigenvalue weighted by Gasteiger charge is 2.39. The highest BCUT2D eigenvalue weighted by atomic mass is 19.4. The third kappa shape index (κ3) is 8.15. The first-order chi connectivity index (χ1) is 15.1. The molecule has 1 unspecified atom stereocenters. The fraction of sp³-hybridized carbons (Fsp3) is 0.458.